The number of fused-ring (bicyclic) bond motifs is 1. The number of carbonyl (C=O) groups excluding carboxylic acids is 1. The van der Waals surface area contributed by atoms with E-state index < -0.39 is 5.54 Å². The van der Waals surface area contributed by atoms with Gasteiger partial charge >= 0.3 is 0 Å². The molecule has 5 nitrogen and oxygen atoms in total. The Balaban J connectivity index is 1.49. The number of nitrogens with zero attached hydrogens (tertiary/aromatic N) is 3. The molecule has 2 fully saturated rings. The summed E-state index contributed by atoms with van der Waals surface area (Å²) in [5.74, 6) is 0.145. The first-order valence-electron chi connectivity index (χ1n) is 10.4. The lowest BCUT2D eigenvalue weighted by atomic mass is 9.81. The van der Waals surface area contributed by atoms with E-state index in [2.05, 4.69) is 71.5 Å². The minimum Gasteiger partial charge on any atom is -0.350 e. The molecule has 154 valence electrons. The van der Waals surface area contributed by atoms with Crippen LogP contribution < -0.4 is 5.32 Å². The van der Waals surface area contributed by atoms with E-state index in [1.165, 1.54) is 22.0 Å². The Morgan fingerprint density at radius 1 is 1.10 bits per heavy atom. The molecule has 1 N–H and O–H groups in total. The van der Waals surface area contributed by atoms with Crippen LogP contribution in [0.4, 0.5) is 0 Å². The zero-order chi connectivity index (χ0) is 20.9. The molecule has 2 atom stereocenters. The van der Waals surface area contributed by atoms with Gasteiger partial charge in [-0.15, -0.1) is 0 Å². The fraction of sp³-hybridized carbons (Fsp3) is 0.333. The molecule has 0 saturated carbocycles. The minimum atomic E-state index is -0.702. The van der Waals surface area contributed by atoms with Crippen LogP contribution in [0, 0.1) is 0 Å². The van der Waals surface area contributed by atoms with Gasteiger partial charge in [0.05, 0.1) is 0 Å². The lowest BCUT2D eigenvalue weighted by molar-refractivity contribution is -0.131. The summed E-state index contributed by atoms with van der Waals surface area (Å²) in [6.07, 6.45) is 2.97. The van der Waals surface area contributed by atoms with Gasteiger partial charge in [-0.3, -0.25) is 9.69 Å². The van der Waals surface area contributed by atoms with Gasteiger partial charge in [0, 0.05) is 49.7 Å². The lowest BCUT2D eigenvalue weighted by Crippen LogP contribution is -2.52. The first-order chi connectivity index (χ1) is 14.5. The summed E-state index contributed by atoms with van der Waals surface area (Å²) >= 11 is 5.66. The molecular formula is C24H26N4OS. The topological polar surface area (TPSA) is 40.5 Å². The largest absolute Gasteiger partial charge is 0.350 e. The van der Waals surface area contributed by atoms with E-state index in [9.17, 15) is 4.79 Å². The fourth-order valence-corrected chi connectivity index (χ4v) is 5.52. The zero-order valence-electron chi connectivity index (χ0n) is 17.3. The molecular weight excluding hydrogens is 392 g/mol. The molecule has 1 aromatic heterocycles. The van der Waals surface area contributed by atoms with Crippen LogP contribution in [0.3, 0.4) is 0 Å². The average molecular weight is 419 g/mol. The molecule has 1 spiro atoms. The normalized spacial score (nSPS) is 24.3. The van der Waals surface area contributed by atoms with Gasteiger partial charge in [-0.05, 0) is 42.9 Å². The van der Waals surface area contributed by atoms with Gasteiger partial charge in [0.15, 0.2) is 5.11 Å². The number of para-hydroxylation sites is 1. The van der Waals surface area contributed by atoms with Crippen molar-refractivity contribution in [2.24, 2.45) is 7.05 Å². The van der Waals surface area contributed by atoms with Crippen LogP contribution in [-0.4, -0.2) is 57.6 Å². The van der Waals surface area contributed by atoms with Crippen molar-refractivity contribution in [3.05, 3.63) is 71.9 Å². The van der Waals surface area contributed by atoms with Gasteiger partial charge < -0.3 is 14.8 Å². The second-order valence-corrected chi connectivity index (χ2v) is 8.94. The van der Waals surface area contributed by atoms with E-state index in [1.807, 2.05) is 18.2 Å². The highest BCUT2D eigenvalue weighted by molar-refractivity contribution is 7.80. The molecule has 0 bridgehead atoms. The van der Waals surface area contributed by atoms with Crippen LogP contribution in [-0.2, 0) is 18.3 Å². The van der Waals surface area contributed by atoms with Crippen molar-refractivity contribution in [3.8, 4) is 0 Å². The first-order valence-corrected chi connectivity index (χ1v) is 10.8. The Bertz CT molecular complexity index is 1120. The van der Waals surface area contributed by atoms with Crippen molar-refractivity contribution in [2.75, 3.05) is 26.7 Å². The molecule has 0 aliphatic carbocycles. The fourth-order valence-electron chi connectivity index (χ4n) is 5.16. The number of carbonyl (C=O) groups is 1. The molecule has 2 aliphatic rings. The summed E-state index contributed by atoms with van der Waals surface area (Å²) in [6.45, 7) is 2.08. The van der Waals surface area contributed by atoms with Crippen LogP contribution in [0.1, 0.15) is 17.0 Å². The number of aromatic nitrogens is 1. The number of hydrogen-bond donors (Lipinski definition) is 1. The maximum atomic E-state index is 13.8. The Hall–Kier alpha value is -2.70. The molecule has 2 saturated heterocycles. The van der Waals surface area contributed by atoms with E-state index in [0.29, 0.717) is 18.2 Å². The molecule has 1 amide bonds. The predicted octanol–water partition coefficient (Wildman–Crippen LogP) is 2.91. The van der Waals surface area contributed by atoms with Crippen molar-refractivity contribution in [3.63, 3.8) is 0 Å². The van der Waals surface area contributed by atoms with Crippen molar-refractivity contribution in [1.29, 1.82) is 0 Å². The van der Waals surface area contributed by atoms with Gasteiger partial charge in [0.25, 0.3) is 5.91 Å². The summed E-state index contributed by atoms with van der Waals surface area (Å²) in [4.78, 5) is 17.8. The van der Waals surface area contributed by atoms with Crippen molar-refractivity contribution in [1.82, 2.24) is 19.7 Å². The standard InChI is InChI=1S/C24H26N4OS/c1-26-15-20(19-14-27(2)21-11-7-6-10-18(19)21)24(16-26)22(29)28(23(30)25-24)13-12-17-8-4-3-5-9-17/h3-11,14,20H,12-13,15-16H2,1-2H3,(H,25,30)/t20-,24-/m0/s1. The maximum absolute atomic E-state index is 13.8. The molecule has 3 aromatic rings. The van der Waals surface area contributed by atoms with Crippen LogP contribution in [0.5, 0.6) is 0 Å². The number of likely N-dealkylation sites (N-methyl/N-ethyl adjacent to an activating group) is 1. The second-order valence-electron chi connectivity index (χ2n) is 8.56. The summed E-state index contributed by atoms with van der Waals surface area (Å²) in [7, 11) is 4.15. The quantitative estimate of drug-likeness (QED) is 0.662. The first kappa shape index (κ1) is 19.3. The van der Waals surface area contributed by atoms with Crippen LogP contribution in [0.2, 0.25) is 0 Å². The summed E-state index contributed by atoms with van der Waals surface area (Å²) in [5, 5.41) is 5.24. The number of likely N-dealkylation sites (tertiary alicyclic amines) is 1. The molecule has 0 radical (unpaired) electrons. The Morgan fingerprint density at radius 2 is 1.83 bits per heavy atom. The van der Waals surface area contributed by atoms with Gasteiger partial charge in [-0.2, -0.15) is 0 Å². The SMILES string of the molecule is CN1C[C@@H](c2cn(C)c3ccccc23)[C@]2(C1)NC(=S)N(CCc1ccccc1)C2=O. The molecule has 30 heavy (non-hydrogen) atoms. The van der Waals surface area contributed by atoms with Crippen LogP contribution >= 0.6 is 12.2 Å². The number of benzene rings is 2. The highest BCUT2D eigenvalue weighted by Crippen LogP contribution is 2.42. The third-order valence-electron chi connectivity index (χ3n) is 6.58. The van der Waals surface area contributed by atoms with Gasteiger partial charge in [-0.25, -0.2) is 0 Å². The molecule has 5 rings (SSSR count). The highest BCUT2D eigenvalue weighted by atomic mass is 32.1. The minimum absolute atomic E-state index is 0.0424. The summed E-state index contributed by atoms with van der Waals surface area (Å²) in [5.41, 5.74) is 2.91. The van der Waals surface area contributed by atoms with Crippen LogP contribution in [0.15, 0.2) is 60.8 Å². The lowest BCUT2D eigenvalue weighted by Gasteiger charge is -2.28. The van der Waals surface area contributed by atoms with Crippen LogP contribution in [0.25, 0.3) is 10.9 Å². The molecule has 6 heteroatoms. The van der Waals surface area contributed by atoms with Crippen molar-refractivity contribution < 1.29 is 4.79 Å². The number of hydrogen-bond acceptors (Lipinski definition) is 3. The van der Waals surface area contributed by atoms with Crippen molar-refractivity contribution >= 4 is 34.1 Å². The van der Waals surface area contributed by atoms with E-state index in [4.69, 9.17) is 12.2 Å². The van der Waals surface area contributed by atoms with E-state index in [0.717, 1.165) is 13.0 Å². The van der Waals surface area contributed by atoms with Crippen molar-refractivity contribution in [2.45, 2.75) is 17.9 Å². The highest BCUT2D eigenvalue weighted by Gasteiger charge is 2.58. The third kappa shape index (κ3) is 2.94. The Labute approximate surface area is 182 Å². The van der Waals surface area contributed by atoms with Gasteiger partial charge in [0.2, 0.25) is 0 Å². The molecule has 0 unspecified atom stereocenters. The second kappa shape index (κ2) is 7.22. The summed E-state index contributed by atoms with van der Waals surface area (Å²) < 4.78 is 2.15. The van der Waals surface area contributed by atoms with Gasteiger partial charge in [0.1, 0.15) is 5.54 Å². The van der Waals surface area contributed by atoms with E-state index in [-0.39, 0.29) is 11.8 Å². The number of amides is 1. The Morgan fingerprint density at radius 3 is 2.63 bits per heavy atom. The zero-order valence-corrected chi connectivity index (χ0v) is 18.2. The number of nitrogens with one attached hydrogen (secondary N) is 1. The number of thiocarbonyl (C=S) groups is 1. The molecule has 3 heterocycles. The average Bonchev–Trinajstić information content (AvgIpc) is 3.33. The summed E-state index contributed by atoms with van der Waals surface area (Å²) in [6, 6.07) is 18.7. The molecule has 2 aliphatic heterocycles. The maximum Gasteiger partial charge on any atom is 0.256 e. The number of aryl methyl sites for hydroxylation is 1. The monoisotopic (exact) mass is 418 g/mol. The van der Waals surface area contributed by atoms with E-state index in [1.54, 1.807) is 4.90 Å². The third-order valence-corrected chi connectivity index (χ3v) is 6.90. The van der Waals surface area contributed by atoms with E-state index >= 15 is 0 Å². The van der Waals surface area contributed by atoms with Gasteiger partial charge in [-0.1, -0.05) is 48.5 Å². The predicted molar refractivity (Wildman–Crippen MR) is 123 cm³/mol. The Kier molecular flexibility index (Phi) is 4.64. The number of rotatable bonds is 4. The smallest absolute Gasteiger partial charge is 0.256 e. The molecule has 2 aromatic carbocycles.